The van der Waals surface area contributed by atoms with E-state index in [9.17, 15) is 4.79 Å². The number of hydrogen-bond acceptors (Lipinski definition) is 6. The maximum absolute atomic E-state index is 13.1. The van der Waals surface area contributed by atoms with E-state index in [-0.39, 0.29) is 11.6 Å². The Morgan fingerprint density at radius 3 is 2.74 bits per heavy atom. The quantitative estimate of drug-likeness (QED) is 0.411. The molecule has 34 heavy (non-hydrogen) atoms. The number of rotatable bonds is 8. The van der Waals surface area contributed by atoms with Gasteiger partial charge >= 0.3 is 0 Å². The van der Waals surface area contributed by atoms with Crippen LogP contribution in [-0.2, 0) is 13.1 Å². The van der Waals surface area contributed by atoms with Crippen LogP contribution in [-0.4, -0.2) is 36.1 Å². The molecule has 0 bridgehead atoms. The number of furan rings is 1. The molecule has 178 valence electrons. The highest BCUT2D eigenvalue weighted by Crippen LogP contribution is 2.33. The monoisotopic (exact) mass is 460 g/mol. The van der Waals surface area contributed by atoms with E-state index in [1.54, 1.807) is 6.26 Å². The third-order valence-electron chi connectivity index (χ3n) is 7.21. The van der Waals surface area contributed by atoms with Crippen molar-refractivity contribution in [2.24, 2.45) is 0 Å². The third-order valence-corrected chi connectivity index (χ3v) is 7.21. The van der Waals surface area contributed by atoms with Crippen LogP contribution in [0, 0.1) is 13.8 Å². The minimum absolute atomic E-state index is 0.00270. The van der Waals surface area contributed by atoms with Crippen molar-refractivity contribution in [1.29, 1.82) is 0 Å². The van der Waals surface area contributed by atoms with Crippen molar-refractivity contribution in [1.82, 2.24) is 30.1 Å². The average molecular weight is 461 g/mol. The van der Waals surface area contributed by atoms with Gasteiger partial charge in [-0.2, -0.15) is 0 Å². The standard InChI is InChI=1S/C26H32N6O2/c1-4-24(25-28-29-30-32(25)16-22-10-7-11-34-22)31(21-8-5-6-9-21)15-20-14-19-12-17(2)18(3)13-23(19)27-26(20)33/h7,10-14,21,24H,4-6,8-9,15-16H2,1-3H3,(H,27,33)/t24-/m1/s1. The fourth-order valence-electron chi connectivity index (χ4n) is 5.24. The van der Waals surface area contributed by atoms with Gasteiger partial charge in [0.05, 0.1) is 12.3 Å². The van der Waals surface area contributed by atoms with E-state index in [1.807, 2.05) is 16.8 Å². The largest absolute Gasteiger partial charge is 0.467 e. The molecule has 0 unspecified atom stereocenters. The lowest BCUT2D eigenvalue weighted by Crippen LogP contribution is -2.39. The van der Waals surface area contributed by atoms with E-state index in [2.05, 4.69) is 64.4 Å². The van der Waals surface area contributed by atoms with Gasteiger partial charge in [0.1, 0.15) is 12.3 Å². The van der Waals surface area contributed by atoms with E-state index in [1.165, 1.54) is 24.0 Å². The Balaban J connectivity index is 1.51. The summed E-state index contributed by atoms with van der Waals surface area (Å²) in [5, 5.41) is 13.7. The Kier molecular flexibility index (Phi) is 6.32. The molecule has 1 atom stereocenters. The first-order valence-electron chi connectivity index (χ1n) is 12.2. The number of tetrazole rings is 1. The van der Waals surface area contributed by atoms with Crippen LogP contribution in [0.2, 0.25) is 0 Å². The van der Waals surface area contributed by atoms with Gasteiger partial charge in [-0.05, 0) is 90.4 Å². The lowest BCUT2D eigenvalue weighted by Gasteiger charge is -2.35. The third kappa shape index (κ3) is 4.42. The van der Waals surface area contributed by atoms with Crippen LogP contribution in [0.1, 0.15) is 73.3 Å². The predicted molar refractivity (Wildman–Crippen MR) is 131 cm³/mol. The zero-order chi connectivity index (χ0) is 23.7. The molecule has 0 radical (unpaired) electrons. The van der Waals surface area contributed by atoms with Crippen molar-refractivity contribution >= 4 is 10.9 Å². The van der Waals surface area contributed by atoms with E-state index in [0.29, 0.717) is 19.1 Å². The van der Waals surface area contributed by atoms with Crippen LogP contribution in [0.3, 0.4) is 0 Å². The molecule has 5 rings (SSSR count). The van der Waals surface area contributed by atoms with Gasteiger partial charge < -0.3 is 9.40 Å². The molecule has 4 aromatic rings. The minimum Gasteiger partial charge on any atom is -0.467 e. The fourth-order valence-corrected chi connectivity index (χ4v) is 5.24. The van der Waals surface area contributed by atoms with Crippen LogP contribution in [0.25, 0.3) is 10.9 Å². The Morgan fingerprint density at radius 2 is 2.00 bits per heavy atom. The van der Waals surface area contributed by atoms with Crippen molar-refractivity contribution in [2.45, 2.75) is 78.0 Å². The van der Waals surface area contributed by atoms with Crippen LogP contribution in [0.5, 0.6) is 0 Å². The summed E-state index contributed by atoms with van der Waals surface area (Å²) in [6, 6.07) is 10.5. The second-order valence-corrected chi connectivity index (χ2v) is 9.46. The van der Waals surface area contributed by atoms with E-state index in [4.69, 9.17) is 4.42 Å². The molecule has 0 amide bonds. The number of aryl methyl sites for hydroxylation is 2. The molecule has 1 fully saturated rings. The summed E-state index contributed by atoms with van der Waals surface area (Å²) in [6.07, 6.45) is 7.18. The summed E-state index contributed by atoms with van der Waals surface area (Å²) in [6.45, 7) is 7.39. The molecular weight excluding hydrogens is 428 g/mol. The SMILES string of the molecule is CC[C@H](c1nnnn1Cc1ccco1)N(Cc1cc2cc(C)c(C)cc2[nH]c1=O)C1CCCC1. The number of benzene rings is 1. The fraction of sp³-hybridized carbons (Fsp3) is 0.462. The zero-order valence-electron chi connectivity index (χ0n) is 20.1. The maximum atomic E-state index is 13.1. The molecule has 3 aromatic heterocycles. The Hall–Kier alpha value is -3.26. The summed E-state index contributed by atoms with van der Waals surface area (Å²) < 4.78 is 7.36. The number of hydrogen-bond donors (Lipinski definition) is 1. The Labute approximate surface area is 199 Å². The molecule has 1 aromatic carbocycles. The molecule has 1 aliphatic carbocycles. The zero-order valence-corrected chi connectivity index (χ0v) is 20.1. The molecule has 8 nitrogen and oxygen atoms in total. The Bertz CT molecular complexity index is 1320. The lowest BCUT2D eigenvalue weighted by molar-refractivity contribution is 0.112. The van der Waals surface area contributed by atoms with Gasteiger partial charge in [0.2, 0.25) is 0 Å². The lowest BCUT2D eigenvalue weighted by atomic mass is 10.0. The molecule has 0 saturated heterocycles. The highest BCUT2D eigenvalue weighted by molar-refractivity contribution is 5.80. The highest BCUT2D eigenvalue weighted by Gasteiger charge is 2.32. The smallest absolute Gasteiger partial charge is 0.252 e. The van der Waals surface area contributed by atoms with Gasteiger partial charge in [0.15, 0.2) is 5.82 Å². The molecule has 0 aliphatic heterocycles. The van der Waals surface area contributed by atoms with Crippen molar-refractivity contribution < 1.29 is 4.42 Å². The van der Waals surface area contributed by atoms with Crippen LogP contribution in [0.4, 0.5) is 0 Å². The van der Waals surface area contributed by atoms with Crippen LogP contribution < -0.4 is 5.56 Å². The Morgan fingerprint density at radius 1 is 1.21 bits per heavy atom. The number of nitrogens with one attached hydrogen (secondary N) is 1. The topological polar surface area (TPSA) is 92.8 Å². The summed E-state index contributed by atoms with van der Waals surface area (Å²) in [5.41, 5.74) is 4.05. The van der Waals surface area contributed by atoms with Gasteiger partial charge in [-0.15, -0.1) is 5.10 Å². The van der Waals surface area contributed by atoms with Gasteiger partial charge in [0, 0.05) is 23.7 Å². The first kappa shape index (κ1) is 22.5. The van der Waals surface area contributed by atoms with E-state index >= 15 is 0 Å². The molecule has 1 N–H and O–H groups in total. The van der Waals surface area contributed by atoms with E-state index in [0.717, 1.165) is 47.3 Å². The average Bonchev–Trinajstić information content (AvgIpc) is 3.59. The highest BCUT2D eigenvalue weighted by atomic mass is 16.3. The first-order valence-corrected chi connectivity index (χ1v) is 12.2. The van der Waals surface area contributed by atoms with Crippen LogP contribution >= 0.6 is 0 Å². The summed E-state index contributed by atoms with van der Waals surface area (Å²) in [4.78, 5) is 18.7. The molecule has 1 saturated carbocycles. The predicted octanol–water partition coefficient (Wildman–Crippen LogP) is 4.67. The first-order chi connectivity index (χ1) is 16.5. The normalized spacial score (nSPS) is 15.5. The number of aromatic amines is 1. The number of fused-ring (bicyclic) bond motifs is 1. The summed E-state index contributed by atoms with van der Waals surface area (Å²) in [7, 11) is 0. The number of H-pyrrole nitrogens is 1. The van der Waals surface area contributed by atoms with Gasteiger partial charge in [-0.1, -0.05) is 19.8 Å². The van der Waals surface area contributed by atoms with Crippen molar-refractivity contribution in [3.8, 4) is 0 Å². The number of nitrogens with zero attached hydrogens (tertiary/aromatic N) is 5. The number of pyridine rings is 1. The molecule has 8 heteroatoms. The van der Waals surface area contributed by atoms with Crippen molar-refractivity contribution in [3.63, 3.8) is 0 Å². The van der Waals surface area contributed by atoms with Crippen LogP contribution in [0.15, 0.2) is 45.8 Å². The molecular formula is C26H32N6O2. The van der Waals surface area contributed by atoms with Gasteiger partial charge in [-0.3, -0.25) is 9.69 Å². The minimum atomic E-state index is -0.0243. The molecule has 1 aliphatic rings. The van der Waals surface area contributed by atoms with E-state index < -0.39 is 0 Å². The summed E-state index contributed by atoms with van der Waals surface area (Å²) >= 11 is 0. The molecule has 3 heterocycles. The number of aromatic nitrogens is 5. The van der Waals surface area contributed by atoms with Gasteiger partial charge in [0.25, 0.3) is 5.56 Å². The second-order valence-electron chi connectivity index (χ2n) is 9.46. The van der Waals surface area contributed by atoms with Crippen molar-refractivity contribution in [3.05, 3.63) is 75.2 Å². The van der Waals surface area contributed by atoms with Crippen molar-refractivity contribution in [2.75, 3.05) is 0 Å². The molecule has 0 spiro atoms. The summed E-state index contributed by atoms with van der Waals surface area (Å²) in [5.74, 6) is 1.63. The maximum Gasteiger partial charge on any atom is 0.252 e. The van der Waals surface area contributed by atoms with Gasteiger partial charge in [-0.25, -0.2) is 4.68 Å². The second kappa shape index (κ2) is 9.54.